The number of aromatic nitrogens is 1. The SMILES string of the molecule is CC(=O)Nc1nc(-c2ccc(SCCC(=O)O)cc2)cs1. The maximum Gasteiger partial charge on any atom is 0.304 e. The second-order valence-electron chi connectivity index (χ2n) is 4.24. The van der Waals surface area contributed by atoms with Crippen LogP contribution >= 0.6 is 23.1 Å². The van der Waals surface area contributed by atoms with Gasteiger partial charge in [0.05, 0.1) is 12.1 Å². The lowest BCUT2D eigenvalue weighted by atomic mass is 10.2. The largest absolute Gasteiger partial charge is 0.481 e. The Kier molecular flexibility index (Phi) is 5.35. The standard InChI is InChI=1S/C14H14N2O3S2/c1-9(17)15-14-16-12(8-21-14)10-2-4-11(5-3-10)20-7-6-13(18)19/h2-5,8H,6-7H2,1H3,(H,18,19)(H,15,16,17). The van der Waals surface area contributed by atoms with Crippen molar-refractivity contribution in [1.82, 2.24) is 4.98 Å². The fraction of sp³-hybridized carbons (Fsp3) is 0.214. The highest BCUT2D eigenvalue weighted by molar-refractivity contribution is 7.99. The Bertz CT molecular complexity index is 638. The summed E-state index contributed by atoms with van der Waals surface area (Å²) in [6.45, 7) is 1.45. The van der Waals surface area contributed by atoms with Crippen LogP contribution in [0.15, 0.2) is 34.5 Å². The minimum absolute atomic E-state index is 0.138. The van der Waals surface area contributed by atoms with Crippen LogP contribution in [0.2, 0.25) is 0 Å². The number of carbonyl (C=O) groups excluding carboxylic acids is 1. The molecule has 0 bridgehead atoms. The van der Waals surface area contributed by atoms with E-state index in [1.165, 1.54) is 30.0 Å². The number of hydrogen-bond acceptors (Lipinski definition) is 5. The first-order chi connectivity index (χ1) is 10.0. The van der Waals surface area contributed by atoms with Gasteiger partial charge in [0, 0.05) is 28.5 Å². The number of thioether (sulfide) groups is 1. The van der Waals surface area contributed by atoms with Crippen molar-refractivity contribution in [1.29, 1.82) is 0 Å². The molecule has 0 aliphatic carbocycles. The van der Waals surface area contributed by atoms with Gasteiger partial charge in [-0.3, -0.25) is 9.59 Å². The monoisotopic (exact) mass is 322 g/mol. The number of hydrogen-bond donors (Lipinski definition) is 2. The molecular weight excluding hydrogens is 308 g/mol. The minimum Gasteiger partial charge on any atom is -0.481 e. The predicted molar refractivity (Wildman–Crippen MR) is 84.8 cm³/mol. The lowest BCUT2D eigenvalue weighted by molar-refractivity contribution is -0.136. The van der Waals surface area contributed by atoms with Crippen molar-refractivity contribution < 1.29 is 14.7 Å². The third kappa shape index (κ3) is 4.87. The lowest BCUT2D eigenvalue weighted by Crippen LogP contribution is -2.04. The molecule has 21 heavy (non-hydrogen) atoms. The van der Waals surface area contributed by atoms with Crippen LogP contribution in [0.5, 0.6) is 0 Å². The van der Waals surface area contributed by atoms with Gasteiger partial charge in [-0.05, 0) is 12.1 Å². The number of carboxylic acid groups (broad SMARTS) is 1. The van der Waals surface area contributed by atoms with Crippen LogP contribution in [0.1, 0.15) is 13.3 Å². The van der Waals surface area contributed by atoms with Crippen LogP contribution in [0.25, 0.3) is 11.3 Å². The maximum absolute atomic E-state index is 11.0. The Hall–Kier alpha value is -1.86. The second-order valence-corrected chi connectivity index (χ2v) is 6.26. The van der Waals surface area contributed by atoms with E-state index in [2.05, 4.69) is 10.3 Å². The van der Waals surface area contributed by atoms with E-state index in [1.54, 1.807) is 0 Å². The smallest absolute Gasteiger partial charge is 0.304 e. The highest BCUT2D eigenvalue weighted by atomic mass is 32.2. The Labute approximate surface area is 130 Å². The van der Waals surface area contributed by atoms with Crippen LogP contribution in [-0.2, 0) is 9.59 Å². The molecule has 1 heterocycles. The Morgan fingerprint density at radius 3 is 2.67 bits per heavy atom. The van der Waals surface area contributed by atoms with E-state index in [0.717, 1.165) is 16.2 Å². The van der Waals surface area contributed by atoms with E-state index in [4.69, 9.17) is 5.11 Å². The molecule has 0 unspecified atom stereocenters. The van der Waals surface area contributed by atoms with Gasteiger partial charge in [0.25, 0.3) is 0 Å². The first kappa shape index (κ1) is 15.5. The zero-order valence-electron chi connectivity index (χ0n) is 11.3. The second kappa shape index (κ2) is 7.24. The number of amides is 1. The number of aliphatic carboxylic acids is 1. The van der Waals surface area contributed by atoms with Crippen molar-refractivity contribution >= 4 is 40.1 Å². The maximum atomic E-state index is 11.0. The summed E-state index contributed by atoms with van der Waals surface area (Å²) >= 11 is 2.89. The fourth-order valence-corrected chi connectivity index (χ4v) is 3.20. The topological polar surface area (TPSA) is 79.3 Å². The molecule has 2 aromatic rings. The van der Waals surface area contributed by atoms with E-state index >= 15 is 0 Å². The van der Waals surface area contributed by atoms with Gasteiger partial charge < -0.3 is 10.4 Å². The molecular formula is C14H14N2O3S2. The summed E-state index contributed by atoms with van der Waals surface area (Å²) < 4.78 is 0. The molecule has 1 aromatic heterocycles. The van der Waals surface area contributed by atoms with E-state index in [9.17, 15) is 9.59 Å². The average molecular weight is 322 g/mol. The third-order valence-corrected chi connectivity index (χ3v) is 4.29. The van der Waals surface area contributed by atoms with Gasteiger partial charge in [0.15, 0.2) is 5.13 Å². The number of benzene rings is 1. The summed E-state index contributed by atoms with van der Waals surface area (Å²) in [4.78, 5) is 26.8. The molecule has 2 N–H and O–H groups in total. The first-order valence-corrected chi connectivity index (χ1v) is 8.09. The minimum atomic E-state index is -0.785. The molecule has 7 heteroatoms. The van der Waals surface area contributed by atoms with E-state index in [1.807, 2.05) is 29.6 Å². The summed E-state index contributed by atoms with van der Waals surface area (Å²) in [5.41, 5.74) is 1.77. The van der Waals surface area contributed by atoms with E-state index in [-0.39, 0.29) is 12.3 Å². The first-order valence-electron chi connectivity index (χ1n) is 6.23. The number of carbonyl (C=O) groups is 2. The number of carboxylic acids is 1. The van der Waals surface area contributed by atoms with Crippen LogP contribution in [0.4, 0.5) is 5.13 Å². The van der Waals surface area contributed by atoms with Crippen molar-refractivity contribution in [2.45, 2.75) is 18.2 Å². The van der Waals surface area contributed by atoms with Gasteiger partial charge in [-0.1, -0.05) is 12.1 Å². The summed E-state index contributed by atoms with van der Waals surface area (Å²) in [6, 6.07) is 7.77. The molecule has 1 aromatic carbocycles. The van der Waals surface area contributed by atoms with E-state index < -0.39 is 5.97 Å². The molecule has 5 nitrogen and oxygen atoms in total. The third-order valence-electron chi connectivity index (χ3n) is 2.52. The fourth-order valence-electron chi connectivity index (χ4n) is 1.59. The zero-order valence-corrected chi connectivity index (χ0v) is 13.0. The quantitative estimate of drug-likeness (QED) is 0.797. The highest BCUT2D eigenvalue weighted by Gasteiger charge is 2.06. The molecule has 110 valence electrons. The summed E-state index contributed by atoms with van der Waals surface area (Å²) in [7, 11) is 0. The molecule has 0 fully saturated rings. The van der Waals surface area contributed by atoms with Gasteiger partial charge >= 0.3 is 5.97 Å². The summed E-state index contributed by atoms with van der Waals surface area (Å²) in [6.07, 6.45) is 0.151. The average Bonchev–Trinajstić information content (AvgIpc) is 2.87. The Morgan fingerprint density at radius 1 is 1.33 bits per heavy atom. The van der Waals surface area contributed by atoms with E-state index in [0.29, 0.717) is 10.9 Å². The molecule has 0 spiro atoms. The number of anilines is 1. The van der Waals surface area contributed by atoms with Crippen LogP contribution < -0.4 is 5.32 Å². The van der Waals surface area contributed by atoms with Crippen LogP contribution in [0, 0.1) is 0 Å². The summed E-state index contributed by atoms with van der Waals surface area (Å²) in [5.74, 6) is -0.369. The number of thiazole rings is 1. The van der Waals surface area contributed by atoms with Gasteiger partial charge in [-0.2, -0.15) is 0 Å². The molecule has 0 aliphatic heterocycles. The molecule has 0 saturated carbocycles. The van der Waals surface area contributed by atoms with Gasteiger partial charge in [-0.25, -0.2) is 4.98 Å². The lowest BCUT2D eigenvalue weighted by Gasteiger charge is -2.01. The van der Waals surface area contributed by atoms with Gasteiger partial charge in [0.1, 0.15) is 0 Å². The van der Waals surface area contributed by atoms with Gasteiger partial charge in [-0.15, -0.1) is 23.1 Å². The zero-order chi connectivity index (χ0) is 15.2. The highest BCUT2D eigenvalue weighted by Crippen LogP contribution is 2.27. The molecule has 0 saturated heterocycles. The Balaban J connectivity index is 1.99. The normalized spacial score (nSPS) is 10.3. The van der Waals surface area contributed by atoms with Crippen molar-refractivity contribution in [3.05, 3.63) is 29.6 Å². The van der Waals surface area contributed by atoms with Crippen LogP contribution in [0.3, 0.4) is 0 Å². The Morgan fingerprint density at radius 2 is 2.05 bits per heavy atom. The number of nitrogens with zero attached hydrogens (tertiary/aromatic N) is 1. The molecule has 0 radical (unpaired) electrons. The molecule has 0 atom stereocenters. The number of nitrogens with one attached hydrogen (secondary N) is 1. The molecule has 2 rings (SSSR count). The van der Waals surface area contributed by atoms with Crippen molar-refractivity contribution in [2.24, 2.45) is 0 Å². The molecule has 1 amide bonds. The van der Waals surface area contributed by atoms with Crippen molar-refractivity contribution in [2.75, 3.05) is 11.1 Å². The van der Waals surface area contributed by atoms with Crippen molar-refractivity contribution in [3.8, 4) is 11.3 Å². The summed E-state index contributed by atoms with van der Waals surface area (Å²) in [5, 5.41) is 13.7. The van der Waals surface area contributed by atoms with Crippen LogP contribution in [-0.4, -0.2) is 27.7 Å². The number of rotatable bonds is 6. The van der Waals surface area contributed by atoms with Crippen molar-refractivity contribution in [3.63, 3.8) is 0 Å². The molecule has 0 aliphatic rings. The predicted octanol–water partition coefficient (Wildman–Crippen LogP) is 3.34. The van der Waals surface area contributed by atoms with Gasteiger partial charge in [0.2, 0.25) is 5.91 Å².